The smallest absolute Gasteiger partial charge is 0.265 e. The fraction of sp³-hybridized carbons (Fsp3) is 0.235. The van der Waals surface area contributed by atoms with Crippen molar-refractivity contribution in [1.82, 2.24) is 0 Å². The number of ether oxygens (including phenoxy) is 1. The number of nitrogens with one attached hydrogen (secondary N) is 1. The highest BCUT2D eigenvalue weighted by Gasteiger charge is 2.18. The fourth-order valence-corrected chi connectivity index (χ4v) is 3.10. The van der Waals surface area contributed by atoms with Gasteiger partial charge in [0.2, 0.25) is 0 Å². The van der Waals surface area contributed by atoms with Gasteiger partial charge in [0.15, 0.2) is 15.9 Å². The Morgan fingerprint density at radius 1 is 1.20 bits per heavy atom. The van der Waals surface area contributed by atoms with Crippen LogP contribution in [0.1, 0.15) is 12.5 Å². The molecule has 8 heteroatoms. The van der Waals surface area contributed by atoms with Crippen molar-refractivity contribution in [1.29, 1.82) is 0 Å². The average Bonchev–Trinajstić information content (AvgIpc) is 2.52. The van der Waals surface area contributed by atoms with Crippen molar-refractivity contribution in [3.05, 3.63) is 52.0 Å². The van der Waals surface area contributed by atoms with Gasteiger partial charge in [-0.2, -0.15) is 0 Å². The third-order valence-corrected chi connectivity index (χ3v) is 5.38. The number of carbonyl (C=O) groups is 1. The minimum atomic E-state index is -3.30. The number of benzene rings is 2. The molecule has 0 aliphatic rings. The van der Waals surface area contributed by atoms with Gasteiger partial charge in [-0.05, 0) is 49.7 Å². The number of carbonyl (C=O) groups excluding carboxylic acids is 1. The molecular weight excluding hydrogens is 385 g/mol. The van der Waals surface area contributed by atoms with E-state index in [2.05, 4.69) is 5.32 Å². The minimum Gasteiger partial charge on any atom is -0.479 e. The maximum Gasteiger partial charge on any atom is 0.265 e. The predicted octanol–water partition coefficient (Wildman–Crippen LogP) is 4.11. The second kappa shape index (κ2) is 7.64. The van der Waals surface area contributed by atoms with E-state index in [1.165, 1.54) is 12.1 Å². The van der Waals surface area contributed by atoms with Gasteiger partial charge in [0.25, 0.3) is 5.91 Å². The first-order valence-corrected chi connectivity index (χ1v) is 9.96. The zero-order valence-corrected chi connectivity index (χ0v) is 16.2. The van der Waals surface area contributed by atoms with Crippen LogP contribution in [0, 0.1) is 6.92 Å². The Hall–Kier alpha value is -1.76. The van der Waals surface area contributed by atoms with Gasteiger partial charge in [0.05, 0.1) is 9.92 Å². The first kappa shape index (κ1) is 19.6. The molecule has 0 aliphatic carbocycles. The number of aryl methyl sites for hydroxylation is 1. The van der Waals surface area contributed by atoms with Gasteiger partial charge in [0.1, 0.15) is 10.8 Å². The first-order valence-electron chi connectivity index (χ1n) is 7.32. The van der Waals surface area contributed by atoms with Crippen molar-refractivity contribution >= 4 is 44.6 Å². The Labute approximate surface area is 156 Å². The molecule has 1 unspecified atom stereocenters. The van der Waals surface area contributed by atoms with Crippen LogP contribution in [0.5, 0.6) is 5.75 Å². The van der Waals surface area contributed by atoms with Crippen LogP contribution in [0.4, 0.5) is 5.69 Å². The molecule has 0 saturated carbocycles. The van der Waals surface area contributed by atoms with Gasteiger partial charge < -0.3 is 10.1 Å². The lowest BCUT2D eigenvalue weighted by atomic mass is 10.2. The van der Waals surface area contributed by atoms with Crippen molar-refractivity contribution in [2.24, 2.45) is 0 Å². The molecule has 1 N–H and O–H groups in total. The molecular formula is C17H17Cl2NO4S. The van der Waals surface area contributed by atoms with E-state index >= 15 is 0 Å². The number of amides is 1. The van der Waals surface area contributed by atoms with E-state index in [0.717, 1.165) is 6.26 Å². The van der Waals surface area contributed by atoms with Crippen molar-refractivity contribution in [3.63, 3.8) is 0 Å². The molecule has 2 rings (SSSR count). The predicted molar refractivity (Wildman–Crippen MR) is 99.5 cm³/mol. The topological polar surface area (TPSA) is 72.5 Å². The molecule has 0 fully saturated rings. The summed E-state index contributed by atoms with van der Waals surface area (Å²) >= 11 is 12.0. The van der Waals surface area contributed by atoms with Gasteiger partial charge in [-0.3, -0.25) is 4.79 Å². The van der Waals surface area contributed by atoms with Crippen molar-refractivity contribution < 1.29 is 17.9 Å². The number of halogens is 2. The Bertz CT molecular complexity index is 913. The Morgan fingerprint density at radius 3 is 2.48 bits per heavy atom. The minimum absolute atomic E-state index is 0.193. The molecule has 2 aromatic carbocycles. The number of rotatable bonds is 5. The molecule has 2 aromatic rings. The molecule has 0 bridgehead atoms. The van der Waals surface area contributed by atoms with Crippen LogP contribution >= 0.6 is 23.2 Å². The molecule has 1 atom stereocenters. The number of anilines is 1. The van der Waals surface area contributed by atoms with Gasteiger partial charge in [-0.25, -0.2) is 8.42 Å². The van der Waals surface area contributed by atoms with E-state index in [1.807, 2.05) is 0 Å². The first-order chi connectivity index (χ1) is 11.6. The maximum atomic E-state index is 12.3. The molecule has 0 aliphatic heterocycles. The Balaban J connectivity index is 2.12. The van der Waals surface area contributed by atoms with Crippen LogP contribution in [0.2, 0.25) is 10.0 Å². The lowest BCUT2D eigenvalue weighted by molar-refractivity contribution is -0.122. The lowest BCUT2D eigenvalue weighted by Crippen LogP contribution is -2.30. The molecule has 1 amide bonds. The van der Waals surface area contributed by atoms with Crippen molar-refractivity contribution in [2.75, 3.05) is 11.6 Å². The second-order valence-corrected chi connectivity index (χ2v) is 8.35. The zero-order chi connectivity index (χ0) is 18.8. The van der Waals surface area contributed by atoms with E-state index in [-0.39, 0.29) is 9.92 Å². The van der Waals surface area contributed by atoms with E-state index in [0.29, 0.717) is 22.0 Å². The average molecular weight is 402 g/mol. The fourth-order valence-electron chi connectivity index (χ4n) is 2.06. The Morgan fingerprint density at radius 2 is 1.88 bits per heavy atom. The van der Waals surface area contributed by atoms with Crippen molar-refractivity contribution in [3.8, 4) is 5.75 Å². The van der Waals surface area contributed by atoms with E-state index < -0.39 is 21.8 Å². The van der Waals surface area contributed by atoms with Gasteiger partial charge in [-0.15, -0.1) is 0 Å². The van der Waals surface area contributed by atoms with E-state index in [1.54, 1.807) is 38.1 Å². The highest BCUT2D eigenvalue weighted by atomic mass is 35.5. The van der Waals surface area contributed by atoms with Gasteiger partial charge >= 0.3 is 0 Å². The van der Waals surface area contributed by atoms with Crippen LogP contribution in [-0.4, -0.2) is 26.7 Å². The molecule has 0 saturated heterocycles. The summed E-state index contributed by atoms with van der Waals surface area (Å²) in [7, 11) is -3.30. The van der Waals surface area contributed by atoms with E-state index in [4.69, 9.17) is 27.9 Å². The molecule has 0 spiro atoms. The van der Waals surface area contributed by atoms with Crippen LogP contribution in [0.15, 0.2) is 41.3 Å². The normalized spacial score (nSPS) is 12.5. The van der Waals surface area contributed by atoms with Crippen LogP contribution in [0.3, 0.4) is 0 Å². The summed E-state index contributed by atoms with van der Waals surface area (Å²) < 4.78 is 28.7. The summed E-state index contributed by atoms with van der Waals surface area (Å²) in [6.45, 7) is 3.29. The summed E-state index contributed by atoms with van der Waals surface area (Å²) in [5.41, 5.74) is 1.13. The molecule has 134 valence electrons. The van der Waals surface area contributed by atoms with Crippen LogP contribution < -0.4 is 10.1 Å². The second-order valence-electron chi connectivity index (χ2n) is 5.55. The number of hydrogen-bond acceptors (Lipinski definition) is 4. The highest BCUT2D eigenvalue weighted by molar-refractivity contribution is 7.90. The summed E-state index contributed by atoms with van der Waals surface area (Å²) in [6.07, 6.45) is 0.301. The third kappa shape index (κ3) is 4.87. The quantitative estimate of drug-likeness (QED) is 0.817. The monoisotopic (exact) mass is 401 g/mol. The molecule has 0 aromatic heterocycles. The molecule has 5 nitrogen and oxygen atoms in total. The largest absolute Gasteiger partial charge is 0.479 e. The van der Waals surface area contributed by atoms with Crippen LogP contribution in [0.25, 0.3) is 0 Å². The summed E-state index contributed by atoms with van der Waals surface area (Å²) in [4.78, 5) is 12.5. The maximum absolute atomic E-state index is 12.3. The van der Waals surface area contributed by atoms with Gasteiger partial charge in [-0.1, -0.05) is 29.3 Å². The number of sulfone groups is 1. The molecule has 25 heavy (non-hydrogen) atoms. The lowest BCUT2D eigenvalue weighted by Gasteiger charge is -2.17. The molecule has 0 heterocycles. The van der Waals surface area contributed by atoms with Gasteiger partial charge in [0, 0.05) is 11.9 Å². The highest BCUT2D eigenvalue weighted by Crippen LogP contribution is 2.32. The SMILES string of the molecule is Cc1cc(S(C)(=O)=O)ccc1NC(=O)C(C)Oc1cccc(Cl)c1Cl. The number of hydrogen-bond donors (Lipinski definition) is 1. The van der Waals surface area contributed by atoms with E-state index in [9.17, 15) is 13.2 Å². The summed E-state index contributed by atoms with van der Waals surface area (Å²) in [6, 6.07) is 9.39. The zero-order valence-electron chi connectivity index (χ0n) is 13.8. The standard InChI is InChI=1S/C17H17Cl2NO4S/c1-10-9-12(25(3,22)23)7-8-14(10)20-17(21)11(2)24-15-6-4-5-13(18)16(15)19/h4-9,11H,1-3H3,(H,20,21). The van der Waals surface area contributed by atoms with Crippen LogP contribution in [-0.2, 0) is 14.6 Å². The third-order valence-electron chi connectivity index (χ3n) is 3.47. The van der Waals surface area contributed by atoms with Crippen molar-refractivity contribution in [2.45, 2.75) is 24.8 Å². The summed E-state index contributed by atoms with van der Waals surface area (Å²) in [5.74, 6) is -0.0905. The molecule has 0 radical (unpaired) electrons. The Kier molecular flexibility index (Phi) is 5.98. The summed E-state index contributed by atoms with van der Waals surface area (Å²) in [5, 5.41) is 3.27.